The van der Waals surface area contributed by atoms with Crippen molar-refractivity contribution >= 4 is 23.5 Å². The summed E-state index contributed by atoms with van der Waals surface area (Å²) >= 11 is 5.03. The van der Waals surface area contributed by atoms with E-state index in [9.17, 15) is 0 Å². The summed E-state index contributed by atoms with van der Waals surface area (Å²) in [6.45, 7) is 2.64. The molecule has 2 aromatic heterocycles. The molecule has 2 rings (SSSR count). The third-order valence-corrected chi connectivity index (χ3v) is 3.00. The first-order valence-electron chi connectivity index (χ1n) is 7.33. The van der Waals surface area contributed by atoms with Crippen molar-refractivity contribution < 1.29 is 14.2 Å². The Bertz CT molecular complexity index is 734. The van der Waals surface area contributed by atoms with Gasteiger partial charge in [0.15, 0.2) is 10.9 Å². The molecular formula is C15H18N6O3S. The van der Waals surface area contributed by atoms with Crippen LogP contribution in [0.4, 0.5) is 0 Å². The lowest BCUT2D eigenvalue weighted by Crippen LogP contribution is -2.31. The first-order chi connectivity index (χ1) is 12.2. The van der Waals surface area contributed by atoms with E-state index in [0.29, 0.717) is 34.9 Å². The summed E-state index contributed by atoms with van der Waals surface area (Å²) in [5.41, 5.74) is 3.15. The van der Waals surface area contributed by atoms with E-state index in [1.54, 1.807) is 24.4 Å². The van der Waals surface area contributed by atoms with Crippen molar-refractivity contribution in [3.05, 3.63) is 30.1 Å². The fraction of sp³-hybridized carbons (Fsp3) is 0.267. The van der Waals surface area contributed by atoms with E-state index in [1.807, 2.05) is 6.92 Å². The molecule has 25 heavy (non-hydrogen) atoms. The van der Waals surface area contributed by atoms with Crippen LogP contribution in [-0.2, 0) is 0 Å². The van der Waals surface area contributed by atoms with Gasteiger partial charge in [0.1, 0.15) is 5.69 Å². The SMILES string of the molecule is CCNC(=S)N/N=C/c1ncccc1Oc1nc(OC)cc(OC)n1. The smallest absolute Gasteiger partial charge is 0.328 e. The van der Waals surface area contributed by atoms with Gasteiger partial charge in [-0.15, -0.1) is 0 Å². The lowest BCUT2D eigenvalue weighted by molar-refractivity contribution is 0.347. The van der Waals surface area contributed by atoms with Gasteiger partial charge in [-0.25, -0.2) is 0 Å². The Balaban J connectivity index is 2.18. The van der Waals surface area contributed by atoms with Crippen molar-refractivity contribution in [2.24, 2.45) is 5.10 Å². The number of methoxy groups -OCH3 is 2. The van der Waals surface area contributed by atoms with Gasteiger partial charge in [0, 0.05) is 12.7 Å². The molecule has 0 spiro atoms. The Morgan fingerprint density at radius 2 is 2.00 bits per heavy atom. The number of thiocarbonyl (C=S) groups is 1. The van der Waals surface area contributed by atoms with E-state index in [2.05, 4.69) is 30.8 Å². The van der Waals surface area contributed by atoms with E-state index < -0.39 is 0 Å². The molecule has 0 unspecified atom stereocenters. The van der Waals surface area contributed by atoms with Crippen molar-refractivity contribution in [1.29, 1.82) is 0 Å². The third kappa shape index (κ3) is 5.53. The van der Waals surface area contributed by atoms with Gasteiger partial charge in [-0.2, -0.15) is 15.1 Å². The molecular weight excluding hydrogens is 344 g/mol. The molecule has 0 saturated carbocycles. The molecule has 0 atom stereocenters. The van der Waals surface area contributed by atoms with Crippen LogP contribution in [-0.4, -0.2) is 47.0 Å². The summed E-state index contributed by atoms with van der Waals surface area (Å²) in [5, 5.41) is 7.35. The van der Waals surface area contributed by atoms with Crippen molar-refractivity contribution in [2.75, 3.05) is 20.8 Å². The number of ether oxygens (including phenoxy) is 3. The van der Waals surface area contributed by atoms with Gasteiger partial charge in [0.25, 0.3) is 0 Å². The van der Waals surface area contributed by atoms with Gasteiger partial charge in [-0.3, -0.25) is 10.4 Å². The minimum atomic E-state index is 0.0648. The van der Waals surface area contributed by atoms with Crippen molar-refractivity contribution in [1.82, 2.24) is 25.7 Å². The maximum absolute atomic E-state index is 5.69. The second kappa shape index (κ2) is 9.33. The summed E-state index contributed by atoms with van der Waals surface area (Å²) in [5.74, 6) is 1.05. The summed E-state index contributed by atoms with van der Waals surface area (Å²) in [6.07, 6.45) is 3.10. The predicted molar refractivity (Wildman–Crippen MR) is 96.5 cm³/mol. The lowest BCUT2D eigenvalue weighted by atomic mass is 10.3. The summed E-state index contributed by atoms with van der Waals surface area (Å²) in [6, 6.07) is 5.05. The van der Waals surface area contributed by atoms with Crippen LogP contribution in [0.2, 0.25) is 0 Å². The molecule has 0 bridgehead atoms. The molecule has 0 aliphatic rings. The first kappa shape index (κ1) is 18.3. The first-order valence-corrected chi connectivity index (χ1v) is 7.74. The maximum atomic E-state index is 5.69. The number of hydrogen-bond donors (Lipinski definition) is 2. The monoisotopic (exact) mass is 362 g/mol. The summed E-state index contributed by atoms with van der Waals surface area (Å²) in [7, 11) is 2.99. The van der Waals surface area contributed by atoms with Crippen molar-refractivity contribution in [2.45, 2.75) is 6.92 Å². The van der Waals surface area contributed by atoms with Crippen LogP contribution in [0.1, 0.15) is 12.6 Å². The standard InChI is InChI=1S/C15H18N6O3S/c1-4-16-15(25)21-18-9-10-11(6-5-7-17-10)24-14-19-12(22-2)8-13(20-14)23-3/h5-9H,4H2,1-3H3,(H2,16,21,25)/b18-9+. The molecule has 9 nitrogen and oxygen atoms in total. The van der Waals surface area contributed by atoms with Gasteiger partial charge in [0.05, 0.1) is 26.5 Å². The Labute approximate surface area is 150 Å². The van der Waals surface area contributed by atoms with Crippen LogP contribution in [0.15, 0.2) is 29.5 Å². The molecule has 2 heterocycles. The Hall–Kier alpha value is -3.01. The second-order valence-corrected chi connectivity index (χ2v) is 4.86. The average molecular weight is 362 g/mol. The van der Waals surface area contributed by atoms with Gasteiger partial charge in [-0.05, 0) is 31.3 Å². The molecule has 0 aliphatic heterocycles. The molecule has 0 aliphatic carbocycles. The van der Waals surface area contributed by atoms with Gasteiger partial charge in [-0.1, -0.05) is 0 Å². The fourth-order valence-corrected chi connectivity index (χ4v) is 1.87. The predicted octanol–water partition coefficient (Wildman–Crippen LogP) is 1.50. The van der Waals surface area contributed by atoms with Crippen molar-refractivity contribution in [3.63, 3.8) is 0 Å². The molecule has 0 radical (unpaired) electrons. The number of nitrogens with zero attached hydrogens (tertiary/aromatic N) is 4. The number of hydrazone groups is 1. The number of aromatic nitrogens is 3. The van der Waals surface area contributed by atoms with Gasteiger partial charge >= 0.3 is 6.01 Å². The van der Waals surface area contributed by atoms with Crippen LogP contribution in [0.3, 0.4) is 0 Å². The molecule has 0 amide bonds. The Kier molecular flexibility index (Phi) is 6.84. The Morgan fingerprint density at radius 3 is 2.64 bits per heavy atom. The van der Waals surface area contributed by atoms with E-state index in [0.717, 1.165) is 0 Å². The van der Waals surface area contributed by atoms with Crippen LogP contribution in [0.25, 0.3) is 0 Å². The minimum Gasteiger partial charge on any atom is -0.481 e. The van der Waals surface area contributed by atoms with E-state index >= 15 is 0 Å². The topological polar surface area (TPSA) is 103 Å². The highest BCUT2D eigenvalue weighted by Crippen LogP contribution is 2.24. The molecule has 0 aromatic carbocycles. The zero-order valence-corrected chi connectivity index (χ0v) is 14.8. The normalized spacial score (nSPS) is 10.4. The maximum Gasteiger partial charge on any atom is 0.328 e. The molecule has 0 fully saturated rings. The van der Waals surface area contributed by atoms with Crippen LogP contribution in [0.5, 0.6) is 23.5 Å². The largest absolute Gasteiger partial charge is 0.481 e. The highest BCUT2D eigenvalue weighted by Gasteiger charge is 2.10. The summed E-state index contributed by atoms with van der Waals surface area (Å²) in [4.78, 5) is 12.4. The van der Waals surface area contributed by atoms with Crippen LogP contribution < -0.4 is 25.0 Å². The molecule has 2 N–H and O–H groups in total. The lowest BCUT2D eigenvalue weighted by Gasteiger charge is -2.09. The molecule has 10 heteroatoms. The Morgan fingerprint density at radius 1 is 1.28 bits per heavy atom. The second-order valence-electron chi connectivity index (χ2n) is 4.45. The molecule has 2 aromatic rings. The van der Waals surface area contributed by atoms with E-state index in [1.165, 1.54) is 20.4 Å². The van der Waals surface area contributed by atoms with Gasteiger partial charge in [0.2, 0.25) is 11.8 Å². The average Bonchev–Trinajstić information content (AvgIpc) is 2.63. The number of nitrogens with one attached hydrogen (secondary N) is 2. The quantitative estimate of drug-likeness (QED) is 0.431. The highest BCUT2D eigenvalue weighted by atomic mass is 32.1. The summed E-state index contributed by atoms with van der Waals surface area (Å²) < 4.78 is 15.9. The molecule has 0 saturated heterocycles. The highest BCUT2D eigenvalue weighted by molar-refractivity contribution is 7.80. The number of rotatable bonds is 7. The zero-order chi connectivity index (χ0) is 18.1. The van der Waals surface area contributed by atoms with Crippen LogP contribution in [0, 0.1) is 0 Å². The number of pyridine rings is 1. The fourth-order valence-electron chi connectivity index (χ4n) is 1.67. The van der Waals surface area contributed by atoms with Crippen LogP contribution >= 0.6 is 12.2 Å². The number of hydrogen-bond acceptors (Lipinski definition) is 8. The minimum absolute atomic E-state index is 0.0648. The zero-order valence-electron chi connectivity index (χ0n) is 14.0. The van der Waals surface area contributed by atoms with E-state index in [4.69, 9.17) is 26.4 Å². The molecule has 132 valence electrons. The van der Waals surface area contributed by atoms with Gasteiger partial charge < -0.3 is 19.5 Å². The van der Waals surface area contributed by atoms with E-state index in [-0.39, 0.29) is 6.01 Å². The van der Waals surface area contributed by atoms with Crippen molar-refractivity contribution in [3.8, 4) is 23.5 Å². The third-order valence-electron chi connectivity index (χ3n) is 2.77.